The van der Waals surface area contributed by atoms with E-state index in [-0.39, 0.29) is 32.7 Å². The van der Waals surface area contributed by atoms with Crippen molar-refractivity contribution < 1.29 is 37.5 Å². The van der Waals surface area contributed by atoms with Crippen molar-refractivity contribution in [1.82, 2.24) is 0 Å². The third-order valence-electron chi connectivity index (χ3n) is 0.462. The Morgan fingerprint density at radius 3 is 2.29 bits per heavy atom. The Labute approximate surface area is 68.7 Å². The van der Waals surface area contributed by atoms with Crippen molar-refractivity contribution in [2.75, 3.05) is 0 Å². The normalized spacial score (nSPS) is 11.7. The minimum absolute atomic E-state index is 0. The smallest absolute Gasteiger partial charge is 0 e. The molecule has 0 aliphatic rings. The molecule has 1 radical (unpaired) electrons. The Balaban J connectivity index is 0. The van der Waals surface area contributed by atoms with E-state index in [1.54, 1.807) is 6.29 Å². The Bertz CT molecular complexity index is 49.0. The number of carbonyl (C=O) groups excluding carboxylic acids is 1. The molecule has 0 saturated carbocycles. The van der Waals surface area contributed by atoms with Crippen molar-refractivity contribution in [2.45, 2.75) is 12.5 Å². The maximum absolute atomic E-state index is 9.45. The van der Waals surface area contributed by atoms with Crippen molar-refractivity contribution in [3.05, 3.63) is 6.92 Å². The molecule has 0 rings (SSSR count). The quantitative estimate of drug-likeness (QED) is 0.581. The molecule has 0 bridgehead atoms. The Morgan fingerprint density at radius 2 is 2.29 bits per heavy atom. The topological polar surface area (TPSA) is 43.1 Å². The monoisotopic (exact) mass is 174 g/mol. The summed E-state index contributed by atoms with van der Waals surface area (Å²) in [5.41, 5.74) is 4.99. The van der Waals surface area contributed by atoms with Crippen LogP contribution in [0.5, 0.6) is 0 Å². The largest absolute Gasteiger partial charge is 0.540 e. The third kappa shape index (κ3) is 6.73. The van der Waals surface area contributed by atoms with E-state index in [0.29, 0.717) is 6.42 Å². The second kappa shape index (κ2) is 6.73. The Hall–Kier alpha value is 0.734. The van der Waals surface area contributed by atoms with Crippen LogP contribution in [0.15, 0.2) is 0 Å². The van der Waals surface area contributed by atoms with Crippen LogP contribution in [0.25, 0.3) is 0 Å². The fourth-order valence-corrected chi connectivity index (χ4v) is 0.0589. The van der Waals surface area contributed by atoms with E-state index in [1.807, 2.05) is 0 Å². The summed E-state index contributed by atoms with van der Waals surface area (Å²) >= 11 is 0. The van der Waals surface area contributed by atoms with Gasteiger partial charge < -0.3 is 17.5 Å². The molecule has 0 aliphatic heterocycles. The standard InChI is InChI=1S/C4H7NO.Y/c1-2-4(5)3-6;/h4H,1-2,5H2;/q-2;. The molecule has 0 amide bonds. The summed E-state index contributed by atoms with van der Waals surface area (Å²) < 4.78 is 0. The van der Waals surface area contributed by atoms with E-state index in [9.17, 15) is 4.79 Å². The Kier molecular flexibility index (Phi) is 10.3. The predicted molar refractivity (Wildman–Crippen MR) is 23.6 cm³/mol. The van der Waals surface area contributed by atoms with Gasteiger partial charge in [0.15, 0.2) is 0 Å². The average molecular weight is 174 g/mol. The van der Waals surface area contributed by atoms with Crippen LogP contribution < -0.4 is 5.73 Å². The molecule has 0 fully saturated rings. The average Bonchev–Trinajstić information content (AvgIpc) is 1.65. The first-order valence-corrected chi connectivity index (χ1v) is 1.73. The van der Waals surface area contributed by atoms with Gasteiger partial charge in [0.05, 0.1) is 0 Å². The molecule has 39 valence electrons. The van der Waals surface area contributed by atoms with Gasteiger partial charge in [-0.3, -0.25) is 0 Å². The second-order valence-corrected chi connectivity index (χ2v) is 1.01. The zero-order valence-electron chi connectivity index (χ0n) is 4.05. The van der Waals surface area contributed by atoms with Crippen LogP contribution in [0.3, 0.4) is 0 Å². The van der Waals surface area contributed by atoms with Gasteiger partial charge in [0.1, 0.15) is 0 Å². The molecule has 2 nitrogen and oxygen atoms in total. The van der Waals surface area contributed by atoms with E-state index in [1.165, 1.54) is 0 Å². The zero-order chi connectivity index (χ0) is 4.99. The predicted octanol–water partition coefficient (Wildman–Crippen LogP) is -0.355. The first-order chi connectivity index (χ1) is 2.81. The number of rotatable bonds is 2. The molecular weight excluding hydrogens is 167 g/mol. The zero-order valence-corrected chi connectivity index (χ0v) is 6.89. The minimum atomic E-state index is -0.481. The Morgan fingerprint density at radius 1 is 1.86 bits per heavy atom. The molecule has 0 aromatic carbocycles. The van der Waals surface area contributed by atoms with Crippen LogP contribution in [-0.2, 0) is 37.5 Å². The summed E-state index contributed by atoms with van der Waals surface area (Å²) in [6.45, 7) is 3.37. The number of hydrogen-bond donors (Lipinski definition) is 1. The first kappa shape index (κ1) is 10.7. The summed E-state index contributed by atoms with van der Waals surface area (Å²) in [6, 6.07) is -0.481. The maximum atomic E-state index is 9.45. The van der Waals surface area contributed by atoms with Gasteiger partial charge in [-0.15, -0.1) is 6.04 Å². The molecule has 7 heavy (non-hydrogen) atoms. The fourth-order valence-electron chi connectivity index (χ4n) is 0.0589. The molecule has 0 heterocycles. The molecule has 0 aromatic rings. The van der Waals surface area contributed by atoms with Crippen molar-refractivity contribution >= 4 is 6.29 Å². The SMILES string of the molecule is [CH2-]CC(N)[C-]=O.[Y]. The van der Waals surface area contributed by atoms with Crippen molar-refractivity contribution in [3.63, 3.8) is 0 Å². The van der Waals surface area contributed by atoms with Gasteiger partial charge in [-0.05, 0) is 0 Å². The third-order valence-corrected chi connectivity index (χ3v) is 0.462. The van der Waals surface area contributed by atoms with E-state index in [2.05, 4.69) is 6.92 Å². The molecule has 1 atom stereocenters. The van der Waals surface area contributed by atoms with Gasteiger partial charge >= 0.3 is 0 Å². The molecule has 0 aromatic heterocycles. The summed E-state index contributed by atoms with van der Waals surface area (Å²) in [4.78, 5) is 9.45. The second-order valence-electron chi connectivity index (χ2n) is 1.01. The molecule has 0 saturated heterocycles. The van der Waals surface area contributed by atoms with Crippen LogP contribution in [0.2, 0.25) is 0 Å². The van der Waals surface area contributed by atoms with Gasteiger partial charge in [0.25, 0.3) is 0 Å². The van der Waals surface area contributed by atoms with Crippen LogP contribution in [0.1, 0.15) is 6.42 Å². The number of nitrogens with two attached hydrogens (primary N) is 1. The first-order valence-electron chi connectivity index (χ1n) is 1.73. The van der Waals surface area contributed by atoms with Crippen LogP contribution in [0.4, 0.5) is 0 Å². The molecule has 0 aliphatic carbocycles. The van der Waals surface area contributed by atoms with E-state index >= 15 is 0 Å². The van der Waals surface area contributed by atoms with Gasteiger partial charge in [0.2, 0.25) is 0 Å². The van der Waals surface area contributed by atoms with E-state index in [4.69, 9.17) is 5.73 Å². The number of hydrogen-bond acceptors (Lipinski definition) is 2. The van der Waals surface area contributed by atoms with Gasteiger partial charge in [0, 0.05) is 32.7 Å². The van der Waals surface area contributed by atoms with Crippen LogP contribution >= 0.6 is 0 Å². The van der Waals surface area contributed by atoms with Gasteiger partial charge in [-0.1, -0.05) is 0 Å². The van der Waals surface area contributed by atoms with Crippen LogP contribution in [-0.4, -0.2) is 12.3 Å². The summed E-state index contributed by atoms with van der Waals surface area (Å²) in [6.07, 6.45) is 2.01. The summed E-state index contributed by atoms with van der Waals surface area (Å²) in [5.74, 6) is 0. The summed E-state index contributed by atoms with van der Waals surface area (Å²) in [7, 11) is 0. The van der Waals surface area contributed by atoms with Crippen LogP contribution in [0, 0.1) is 6.92 Å². The summed E-state index contributed by atoms with van der Waals surface area (Å²) in [5, 5.41) is 0. The molecular formula is C4H7NOY-2. The fraction of sp³-hybridized carbons (Fsp3) is 0.500. The van der Waals surface area contributed by atoms with Crippen molar-refractivity contribution in [2.24, 2.45) is 5.73 Å². The molecule has 2 N–H and O–H groups in total. The maximum Gasteiger partial charge on any atom is 0 e. The minimum Gasteiger partial charge on any atom is -0.540 e. The molecule has 1 unspecified atom stereocenters. The van der Waals surface area contributed by atoms with Crippen molar-refractivity contribution in [3.8, 4) is 0 Å². The molecule has 3 heteroatoms. The van der Waals surface area contributed by atoms with E-state index < -0.39 is 6.04 Å². The van der Waals surface area contributed by atoms with E-state index in [0.717, 1.165) is 0 Å². The van der Waals surface area contributed by atoms with Gasteiger partial charge in [-0.25, -0.2) is 6.29 Å². The molecule has 0 spiro atoms. The van der Waals surface area contributed by atoms with Gasteiger partial charge in [-0.2, -0.15) is 6.42 Å². The van der Waals surface area contributed by atoms with Crippen molar-refractivity contribution in [1.29, 1.82) is 0 Å².